The van der Waals surface area contributed by atoms with Gasteiger partial charge in [-0.05, 0) is 38.5 Å². The average molecular weight is 601 g/mol. The van der Waals surface area contributed by atoms with E-state index in [4.69, 9.17) is 45.9 Å². The summed E-state index contributed by atoms with van der Waals surface area (Å²) in [6, 6.07) is -5.19. The number of nitrogens with two attached hydrogens (primary N) is 8. The highest BCUT2D eigenvalue weighted by atomic mass is 16.4. The molecular weight excluding hydrogens is 556 g/mol. The molecule has 0 saturated heterocycles. The maximum absolute atomic E-state index is 13.1. The number of carboxylic acids is 1. The monoisotopic (exact) mass is 600 g/mol. The third kappa shape index (κ3) is 17.7. The number of nitrogens with one attached hydrogen (secondary N) is 3. The molecule has 42 heavy (non-hydrogen) atoms. The van der Waals surface area contributed by atoms with E-state index in [0.29, 0.717) is 6.42 Å². The Morgan fingerprint density at radius 1 is 0.571 bits per heavy atom. The summed E-state index contributed by atoms with van der Waals surface area (Å²) in [7, 11) is 0. The van der Waals surface area contributed by atoms with Crippen molar-refractivity contribution in [2.24, 2.45) is 60.8 Å². The zero-order valence-electron chi connectivity index (χ0n) is 23.3. The lowest BCUT2D eigenvalue weighted by Gasteiger charge is -2.25. The fraction of sp³-hybridized carbons (Fsp3) is 0.636. The quantitative estimate of drug-likeness (QED) is 0.0332. The molecule has 4 amide bonds. The Morgan fingerprint density at radius 3 is 1.38 bits per heavy atom. The van der Waals surface area contributed by atoms with Crippen LogP contribution in [-0.2, 0) is 24.0 Å². The molecule has 0 aliphatic heterocycles. The van der Waals surface area contributed by atoms with Gasteiger partial charge in [0.1, 0.15) is 18.1 Å². The lowest BCUT2D eigenvalue weighted by Crippen LogP contribution is -2.57. The van der Waals surface area contributed by atoms with E-state index in [1.54, 1.807) is 0 Å². The lowest BCUT2D eigenvalue weighted by atomic mass is 10.1. The van der Waals surface area contributed by atoms with Crippen molar-refractivity contribution in [3.8, 4) is 0 Å². The van der Waals surface area contributed by atoms with E-state index >= 15 is 0 Å². The standard InChI is InChI=1S/C22H44N14O6/c23-11(4-1-7-31-20(25)26)16(38)36-14(10-15(24)37)18(40)34-12(5-2-8-32-21(27)28)17(39)35-13(19(41)42)6-3-9-33-22(29)30/h11-14H,1-10,23H2,(H2,24,37)(H,34,40)(H,35,39)(H,36,38)(H,41,42)(H4,25,26,31)(H4,27,28,32)(H4,29,30,33). The maximum atomic E-state index is 13.1. The Hall–Kier alpha value is -4.88. The fourth-order valence-corrected chi connectivity index (χ4v) is 3.42. The summed E-state index contributed by atoms with van der Waals surface area (Å²) < 4.78 is 0. The molecule has 20 nitrogen and oxygen atoms in total. The van der Waals surface area contributed by atoms with Crippen LogP contribution in [0.3, 0.4) is 0 Å². The molecule has 0 aromatic heterocycles. The molecule has 0 aromatic rings. The van der Waals surface area contributed by atoms with E-state index in [9.17, 15) is 29.1 Å². The normalized spacial score (nSPS) is 13.3. The van der Waals surface area contributed by atoms with Crippen LogP contribution in [0.1, 0.15) is 44.9 Å². The summed E-state index contributed by atoms with van der Waals surface area (Å²) >= 11 is 0. The van der Waals surface area contributed by atoms with Gasteiger partial charge in [-0.3, -0.25) is 34.2 Å². The molecule has 0 bridgehead atoms. The van der Waals surface area contributed by atoms with Crippen molar-refractivity contribution >= 4 is 47.5 Å². The van der Waals surface area contributed by atoms with Crippen molar-refractivity contribution in [1.29, 1.82) is 0 Å². The van der Waals surface area contributed by atoms with Gasteiger partial charge >= 0.3 is 5.97 Å². The molecular formula is C22H44N14O6. The summed E-state index contributed by atoms with van der Waals surface area (Å²) in [4.78, 5) is 73.5. The van der Waals surface area contributed by atoms with E-state index < -0.39 is 60.2 Å². The number of aliphatic imine (C=N–C) groups is 3. The van der Waals surface area contributed by atoms with Gasteiger partial charge in [0.05, 0.1) is 12.5 Å². The molecule has 0 aliphatic carbocycles. The molecule has 0 aliphatic rings. The number of amides is 4. The third-order valence-electron chi connectivity index (χ3n) is 5.48. The molecule has 20 N–H and O–H groups in total. The number of carbonyl (C=O) groups excluding carboxylic acids is 4. The summed E-state index contributed by atoms with van der Waals surface area (Å²) in [5.41, 5.74) is 42.7. The van der Waals surface area contributed by atoms with Crippen molar-refractivity contribution in [2.45, 2.75) is 69.1 Å². The first-order chi connectivity index (χ1) is 19.6. The van der Waals surface area contributed by atoms with E-state index in [1.165, 1.54) is 0 Å². The zero-order valence-corrected chi connectivity index (χ0v) is 23.3. The second kappa shape index (κ2) is 20.1. The number of guanidine groups is 3. The van der Waals surface area contributed by atoms with Gasteiger partial charge in [-0.1, -0.05) is 0 Å². The molecule has 0 fully saturated rings. The van der Waals surface area contributed by atoms with Crippen molar-refractivity contribution in [1.82, 2.24) is 16.0 Å². The molecule has 0 saturated carbocycles. The van der Waals surface area contributed by atoms with Crippen molar-refractivity contribution in [3.63, 3.8) is 0 Å². The number of aliphatic carboxylic acids is 1. The molecule has 0 aromatic carbocycles. The summed E-state index contributed by atoms with van der Waals surface area (Å²) in [6.07, 6.45) is 0.284. The smallest absolute Gasteiger partial charge is 0.326 e. The van der Waals surface area contributed by atoms with E-state index in [2.05, 4.69) is 30.9 Å². The van der Waals surface area contributed by atoms with Gasteiger partial charge in [-0.2, -0.15) is 0 Å². The first-order valence-corrected chi connectivity index (χ1v) is 13.0. The number of carbonyl (C=O) groups is 5. The predicted octanol–water partition coefficient (Wildman–Crippen LogP) is -6.11. The highest BCUT2D eigenvalue weighted by molar-refractivity contribution is 5.96. The number of hydrogen-bond donors (Lipinski definition) is 12. The Bertz CT molecular complexity index is 1010. The van der Waals surface area contributed by atoms with Crippen LogP contribution in [0, 0.1) is 0 Å². The Labute approximate surface area is 242 Å². The van der Waals surface area contributed by atoms with Gasteiger partial charge in [0.15, 0.2) is 17.9 Å². The number of primary amides is 1. The minimum atomic E-state index is -1.48. The van der Waals surface area contributed by atoms with Crippen molar-refractivity contribution in [2.75, 3.05) is 19.6 Å². The molecule has 4 unspecified atom stereocenters. The minimum Gasteiger partial charge on any atom is -0.480 e. The predicted molar refractivity (Wildman–Crippen MR) is 155 cm³/mol. The van der Waals surface area contributed by atoms with E-state index in [-0.39, 0.29) is 69.6 Å². The van der Waals surface area contributed by atoms with Gasteiger partial charge in [0, 0.05) is 19.6 Å². The van der Waals surface area contributed by atoms with Gasteiger partial charge in [-0.25, -0.2) is 4.79 Å². The van der Waals surface area contributed by atoms with Crippen LogP contribution in [0.25, 0.3) is 0 Å². The topological polar surface area (TPSA) is 387 Å². The van der Waals surface area contributed by atoms with E-state index in [0.717, 1.165) is 0 Å². The molecule has 0 rings (SSSR count). The number of carboxylic acid groups (broad SMARTS) is 1. The summed E-state index contributed by atoms with van der Waals surface area (Å²) in [6.45, 7) is 0.446. The Kier molecular flexibility index (Phi) is 17.7. The molecule has 4 atom stereocenters. The number of hydrogen-bond acceptors (Lipinski definition) is 9. The van der Waals surface area contributed by atoms with Gasteiger partial charge < -0.3 is 66.9 Å². The number of rotatable bonds is 21. The minimum absolute atomic E-state index is 0.0199. The second-order valence-corrected chi connectivity index (χ2v) is 9.15. The summed E-state index contributed by atoms with van der Waals surface area (Å²) in [5.74, 6) is -5.27. The molecule has 0 radical (unpaired) electrons. The Balaban J connectivity index is 5.62. The van der Waals surface area contributed by atoms with Gasteiger partial charge in [0.2, 0.25) is 23.6 Å². The second-order valence-electron chi connectivity index (χ2n) is 9.15. The Morgan fingerprint density at radius 2 is 0.952 bits per heavy atom. The van der Waals surface area contributed by atoms with Crippen LogP contribution >= 0.6 is 0 Å². The van der Waals surface area contributed by atoms with Crippen LogP contribution in [-0.4, -0.2) is 96.4 Å². The fourth-order valence-electron chi connectivity index (χ4n) is 3.42. The van der Waals surface area contributed by atoms with Gasteiger partial charge in [-0.15, -0.1) is 0 Å². The SMILES string of the molecule is NC(=O)CC(NC(=O)C(N)CCCN=C(N)N)C(=O)NC(CCCN=C(N)N)C(=O)NC(CCCN=C(N)N)C(=O)O. The highest BCUT2D eigenvalue weighted by Crippen LogP contribution is 2.05. The summed E-state index contributed by atoms with van der Waals surface area (Å²) in [5, 5.41) is 16.7. The van der Waals surface area contributed by atoms with Crippen LogP contribution in [0.15, 0.2) is 15.0 Å². The number of nitrogens with zero attached hydrogens (tertiary/aromatic N) is 3. The maximum Gasteiger partial charge on any atom is 0.326 e. The van der Waals surface area contributed by atoms with Crippen LogP contribution in [0.2, 0.25) is 0 Å². The first-order valence-electron chi connectivity index (χ1n) is 13.0. The van der Waals surface area contributed by atoms with Crippen LogP contribution < -0.4 is 61.8 Å². The third-order valence-corrected chi connectivity index (χ3v) is 5.48. The van der Waals surface area contributed by atoms with Gasteiger partial charge in [0.25, 0.3) is 0 Å². The zero-order chi connectivity index (χ0) is 32.2. The van der Waals surface area contributed by atoms with Crippen LogP contribution in [0.5, 0.6) is 0 Å². The van der Waals surface area contributed by atoms with E-state index in [1.807, 2.05) is 0 Å². The average Bonchev–Trinajstić information content (AvgIpc) is 2.88. The molecule has 20 heteroatoms. The largest absolute Gasteiger partial charge is 0.480 e. The van der Waals surface area contributed by atoms with Crippen molar-refractivity contribution < 1.29 is 29.1 Å². The molecule has 0 spiro atoms. The molecule has 238 valence electrons. The van der Waals surface area contributed by atoms with Crippen LogP contribution in [0.4, 0.5) is 0 Å². The molecule has 0 heterocycles. The highest BCUT2D eigenvalue weighted by Gasteiger charge is 2.31. The van der Waals surface area contributed by atoms with Crippen molar-refractivity contribution in [3.05, 3.63) is 0 Å². The lowest BCUT2D eigenvalue weighted by molar-refractivity contribution is -0.142. The first kappa shape index (κ1) is 37.1.